The van der Waals surface area contributed by atoms with Gasteiger partial charge >= 0.3 is 6.18 Å². The van der Waals surface area contributed by atoms with Gasteiger partial charge in [0.25, 0.3) is 0 Å². The van der Waals surface area contributed by atoms with Gasteiger partial charge in [-0.2, -0.15) is 13.2 Å². The molecule has 0 bridgehead atoms. The fourth-order valence-electron chi connectivity index (χ4n) is 1.16. The number of aliphatic hydroxyl groups is 2. The summed E-state index contributed by atoms with van der Waals surface area (Å²) >= 11 is 0. The highest BCUT2D eigenvalue weighted by Crippen LogP contribution is 2.22. The van der Waals surface area contributed by atoms with Crippen molar-refractivity contribution in [3.63, 3.8) is 0 Å². The van der Waals surface area contributed by atoms with Crippen LogP contribution in [0.3, 0.4) is 0 Å². The highest BCUT2D eigenvalue weighted by Gasteiger charge is 2.26. The maximum Gasteiger partial charge on any atom is 0.389 e. The van der Waals surface area contributed by atoms with Crippen molar-refractivity contribution < 1.29 is 23.4 Å². The molecule has 0 heterocycles. The Labute approximate surface area is 93.7 Å². The van der Waals surface area contributed by atoms with Gasteiger partial charge in [-0.3, -0.25) is 0 Å². The molecule has 0 rings (SSSR count). The number of rotatable bonds is 7. The van der Waals surface area contributed by atoms with Crippen LogP contribution in [0.15, 0.2) is 0 Å². The van der Waals surface area contributed by atoms with Crippen molar-refractivity contribution >= 4 is 0 Å². The average molecular weight is 243 g/mol. The Kier molecular flexibility index (Phi) is 6.28. The Hall–Kier alpha value is -0.330. The minimum Gasteiger partial charge on any atom is -0.393 e. The van der Waals surface area contributed by atoms with Crippen LogP contribution in [0, 0.1) is 0 Å². The van der Waals surface area contributed by atoms with Crippen molar-refractivity contribution in [2.24, 2.45) is 0 Å². The van der Waals surface area contributed by atoms with Gasteiger partial charge in [0.1, 0.15) is 0 Å². The third kappa shape index (κ3) is 8.94. The number of alkyl halides is 3. The van der Waals surface area contributed by atoms with Gasteiger partial charge in [0.2, 0.25) is 0 Å². The molecule has 0 fully saturated rings. The molecule has 98 valence electrons. The molecule has 3 N–H and O–H groups in total. The summed E-state index contributed by atoms with van der Waals surface area (Å²) in [6, 6.07) is -0.111. The van der Waals surface area contributed by atoms with Crippen LogP contribution in [0.2, 0.25) is 0 Å². The Bertz CT molecular complexity index is 195. The Morgan fingerprint density at radius 2 is 1.88 bits per heavy atom. The van der Waals surface area contributed by atoms with E-state index in [1.807, 2.05) is 0 Å². The fourth-order valence-corrected chi connectivity index (χ4v) is 1.16. The van der Waals surface area contributed by atoms with E-state index in [9.17, 15) is 18.3 Å². The first-order chi connectivity index (χ1) is 7.16. The van der Waals surface area contributed by atoms with Crippen molar-refractivity contribution in [2.45, 2.75) is 50.9 Å². The minimum absolute atomic E-state index is 0.0684. The van der Waals surface area contributed by atoms with Crippen LogP contribution in [-0.2, 0) is 0 Å². The second-order valence-electron chi connectivity index (χ2n) is 4.44. The van der Waals surface area contributed by atoms with Crippen LogP contribution < -0.4 is 5.32 Å². The molecule has 0 aliphatic rings. The summed E-state index contributed by atoms with van der Waals surface area (Å²) in [6.07, 6.45) is -4.42. The monoisotopic (exact) mass is 243 g/mol. The minimum atomic E-state index is -4.10. The number of aliphatic hydroxyl groups excluding tert-OH is 1. The van der Waals surface area contributed by atoms with E-state index in [2.05, 4.69) is 5.32 Å². The van der Waals surface area contributed by atoms with E-state index < -0.39 is 18.2 Å². The van der Waals surface area contributed by atoms with Crippen molar-refractivity contribution in [3.05, 3.63) is 0 Å². The van der Waals surface area contributed by atoms with E-state index in [0.717, 1.165) is 0 Å². The van der Waals surface area contributed by atoms with Crippen LogP contribution >= 0.6 is 0 Å². The molecule has 0 aromatic rings. The van der Waals surface area contributed by atoms with Crippen LogP contribution in [0.4, 0.5) is 13.2 Å². The number of hydrogen-bond acceptors (Lipinski definition) is 3. The summed E-state index contributed by atoms with van der Waals surface area (Å²) in [4.78, 5) is 0. The van der Waals surface area contributed by atoms with Gasteiger partial charge in [0, 0.05) is 19.0 Å². The highest BCUT2D eigenvalue weighted by molar-refractivity contribution is 4.76. The van der Waals surface area contributed by atoms with Gasteiger partial charge in [-0.05, 0) is 26.7 Å². The van der Waals surface area contributed by atoms with Gasteiger partial charge in [0.15, 0.2) is 0 Å². The number of hydrogen-bond donors (Lipinski definition) is 3. The molecule has 0 amide bonds. The van der Waals surface area contributed by atoms with E-state index in [-0.39, 0.29) is 25.6 Å². The summed E-state index contributed by atoms with van der Waals surface area (Å²) in [5.74, 6) is 0. The van der Waals surface area contributed by atoms with Gasteiger partial charge in [0.05, 0.1) is 12.2 Å². The molecule has 0 aliphatic carbocycles. The molecule has 0 spiro atoms. The van der Waals surface area contributed by atoms with Crippen LogP contribution in [0.5, 0.6) is 0 Å². The second-order valence-corrected chi connectivity index (χ2v) is 4.44. The Balaban J connectivity index is 3.64. The lowest BCUT2D eigenvalue weighted by molar-refractivity contribution is -0.135. The molecule has 0 aromatic carbocycles. The smallest absolute Gasteiger partial charge is 0.389 e. The maximum atomic E-state index is 11.8. The first-order valence-corrected chi connectivity index (χ1v) is 5.30. The number of nitrogens with one attached hydrogen (secondary N) is 1. The van der Waals surface area contributed by atoms with Crippen LogP contribution in [0.25, 0.3) is 0 Å². The molecule has 0 aromatic heterocycles. The summed E-state index contributed by atoms with van der Waals surface area (Å²) in [5, 5.41) is 21.1. The third-order valence-corrected chi connectivity index (χ3v) is 2.27. The lowest BCUT2D eigenvalue weighted by Crippen LogP contribution is -2.44. The Morgan fingerprint density at radius 3 is 2.31 bits per heavy atom. The second kappa shape index (κ2) is 6.42. The molecular weight excluding hydrogens is 223 g/mol. The molecule has 0 saturated heterocycles. The Morgan fingerprint density at radius 1 is 1.31 bits per heavy atom. The average Bonchev–Trinajstić information content (AvgIpc) is 2.13. The normalized spacial score (nSPS) is 18.2. The van der Waals surface area contributed by atoms with Crippen molar-refractivity contribution in [2.75, 3.05) is 13.2 Å². The van der Waals surface area contributed by atoms with Crippen LogP contribution in [-0.4, -0.2) is 41.2 Å². The molecule has 3 nitrogen and oxygen atoms in total. The van der Waals surface area contributed by atoms with Gasteiger partial charge < -0.3 is 15.5 Å². The van der Waals surface area contributed by atoms with Crippen LogP contribution in [0.1, 0.15) is 33.1 Å². The van der Waals surface area contributed by atoms with Crippen molar-refractivity contribution in [1.82, 2.24) is 5.32 Å². The highest BCUT2D eigenvalue weighted by atomic mass is 19.4. The molecule has 2 unspecified atom stereocenters. The molecule has 2 atom stereocenters. The lowest BCUT2D eigenvalue weighted by atomic mass is 10.1. The predicted octanol–water partition coefficient (Wildman–Crippen LogP) is 1.44. The summed E-state index contributed by atoms with van der Waals surface area (Å²) < 4.78 is 35.5. The summed E-state index contributed by atoms with van der Waals surface area (Å²) in [7, 11) is 0. The lowest BCUT2D eigenvalue weighted by Gasteiger charge is -2.23. The fraction of sp³-hybridized carbons (Fsp3) is 1.00. The zero-order valence-corrected chi connectivity index (χ0v) is 9.64. The van der Waals surface area contributed by atoms with E-state index in [1.165, 1.54) is 6.92 Å². The topological polar surface area (TPSA) is 52.5 Å². The standard InChI is InChI=1S/C10H20F3NO2/c1-8(4-3-5-10(11,12)13)14-6-9(2,16)7-15/h8,14-16H,3-7H2,1-2H3. The predicted molar refractivity (Wildman–Crippen MR) is 55.1 cm³/mol. The van der Waals surface area contributed by atoms with Crippen molar-refractivity contribution in [3.8, 4) is 0 Å². The van der Waals surface area contributed by atoms with E-state index >= 15 is 0 Å². The summed E-state index contributed by atoms with van der Waals surface area (Å²) in [6.45, 7) is 3.00. The maximum absolute atomic E-state index is 11.8. The van der Waals surface area contributed by atoms with Crippen molar-refractivity contribution in [1.29, 1.82) is 0 Å². The third-order valence-electron chi connectivity index (χ3n) is 2.27. The molecule has 16 heavy (non-hydrogen) atoms. The molecule has 0 saturated carbocycles. The zero-order chi connectivity index (χ0) is 12.8. The largest absolute Gasteiger partial charge is 0.393 e. The van der Waals surface area contributed by atoms with E-state index in [1.54, 1.807) is 6.92 Å². The molecule has 6 heteroatoms. The van der Waals surface area contributed by atoms with Gasteiger partial charge in [-0.1, -0.05) is 0 Å². The molecule has 0 aliphatic heterocycles. The van der Waals surface area contributed by atoms with Gasteiger partial charge in [-0.15, -0.1) is 0 Å². The van der Waals surface area contributed by atoms with Gasteiger partial charge in [-0.25, -0.2) is 0 Å². The quantitative estimate of drug-likeness (QED) is 0.634. The zero-order valence-electron chi connectivity index (χ0n) is 9.64. The number of halogens is 3. The first kappa shape index (κ1) is 15.7. The first-order valence-electron chi connectivity index (χ1n) is 5.30. The summed E-state index contributed by atoms with van der Waals surface area (Å²) in [5.41, 5.74) is -1.22. The SMILES string of the molecule is CC(CCCC(F)(F)F)NCC(C)(O)CO. The van der Waals surface area contributed by atoms with E-state index in [0.29, 0.717) is 6.42 Å². The molecule has 0 radical (unpaired) electrons. The van der Waals surface area contributed by atoms with E-state index in [4.69, 9.17) is 5.11 Å². The molecular formula is C10H20F3NO2.